The fourth-order valence-electron chi connectivity index (χ4n) is 3.20. The number of aliphatic hydroxyl groups excluding tert-OH is 1. The number of carboxylic acids is 1. The van der Waals surface area contributed by atoms with E-state index in [2.05, 4.69) is 0 Å². The molecular formula is C21H27F2NO4S. The number of unbranched alkanes of at least 4 members (excludes halogenated alkanes) is 3. The molecule has 1 fully saturated rings. The van der Waals surface area contributed by atoms with Gasteiger partial charge in [-0.05, 0) is 19.3 Å². The van der Waals surface area contributed by atoms with E-state index in [9.17, 15) is 23.5 Å². The van der Waals surface area contributed by atoms with Gasteiger partial charge in [0.05, 0.1) is 6.04 Å². The Labute approximate surface area is 173 Å². The van der Waals surface area contributed by atoms with Crippen LogP contribution in [0.5, 0.6) is 0 Å². The zero-order valence-electron chi connectivity index (χ0n) is 16.2. The van der Waals surface area contributed by atoms with Crippen LogP contribution in [0.3, 0.4) is 0 Å². The number of amides is 1. The van der Waals surface area contributed by atoms with Crippen LogP contribution in [0.25, 0.3) is 0 Å². The zero-order valence-corrected chi connectivity index (χ0v) is 17.0. The first-order chi connectivity index (χ1) is 13.8. The van der Waals surface area contributed by atoms with Gasteiger partial charge in [-0.1, -0.05) is 67.1 Å². The molecular weight excluding hydrogens is 400 g/mol. The summed E-state index contributed by atoms with van der Waals surface area (Å²) in [7, 11) is 0. The molecule has 0 unspecified atom stereocenters. The Morgan fingerprint density at radius 2 is 1.93 bits per heavy atom. The predicted octanol–water partition coefficient (Wildman–Crippen LogP) is 4.66. The first-order valence-corrected chi connectivity index (χ1v) is 10.8. The van der Waals surface area contributed by atoms with Crippen molar-refractivity contribution in [1.29, 1.82) is 0 Å². The molecule has 160 valence electrons. The summed E-state index contributed by atoms with van der Waals surface area (Å²) in [6.45, 7) is 0.485. The van der Waals surface area contributed by atoms with Gasteiger partial charge in [-0.3, -0.25) is 9.59 Å². The van der Waals surface area contributed by atoms with Crippen molar-refractivity contribution in [3.8, 4) is 0 Å². The Kier molecular flexibility index (Phi) is 9.10. The van der Waals surface area contributed by atoms with Gasteiger partial charge >= 0.3 is 11.9 Å². The van der Waals surface area contributed by atoms with Crippen LogP contribution in [0.4, 0.5) is 13.6 Å². The number of hydrogen-bond acceptors (Lipinski definition) is 4. The molecule has 0 spiro atoms. The number of thioether (sulfide) groups is 1. The van der Waals surface area contributed by atoms with Crippen molar-refractivity contribution in [3.63, 3.8) is 0 Å². The molecule has 5 nitrogen and oxygen atoms in total. The molecule has 29 heavy (non-hydrogen) atoms. The number of benzene rings is 1. The molecule has 1 saturated heterocycles. The number of halogens is 2. The van der Waals surface area contributed by atoms with E-state index >= 15 is 0 Å². The first kappa shape index (κ1) is 23.3. The van der Waals surface area contributed by atoms with Gasteiger partial charge in [0.2, 0.25) is 0 Å². The lowest BCUT2D eigenvalue weighted by Gasteiger charge is -2.33. The van der Waals surface area contributed by atoms with Crippen LogP contribution in [0.1, 0.15) is 44.1 Å². The quantitative estimate of drug-likeness (QED) is 0.397. The maximum atomic E-state index is 14.4. The van der Waals surface area contributed by atoms with E-state index in [1.807, 2.05) is 0 Å². The smallest absolute Gasteiger partial charge is 0.303 e. The summed E-state index contributed by atoms with van der Waals surface area (Å²) in [5.74, 6) is -3.63. The Balaban J connectivity index is 1.92. The lowest BCUT2D eigenvalue weighted by atomic mass is 10.0. The largest absolute Gasteiger partial charge is 0.481 e. The topological polar surface area (TPSA) is 77.8 Å². The summed E-state index contributed by atoms with van der Waals surface area (Å²) in [5.41, 5.74) is -0.259. The second-order valence-electron chi connectivity index (χ2n) is 7.04. The minimum Gasteiger partial charge on any atom is -0.481 e. The highest BCUT2D eigenvalue weighted by Crippen LogP contribution is 2.33. The Morgan fingerprint density at radius 1 is 1.24 bits per heavy atom. The molecule has 8 heteroatoms. The summed E-state index contributed by atoms with van der Waals surface area (Å²) < 4.78 is 28.9. The number of alkyl halides is 2. The molecule has 2 atom stereocenters. The maximum absolute atomic E-state index is 14.4. The van der Waals surface area contributed by atoms with E-state index in [1.54, 1.807) is 11.0 Å². The van der Waals surface area contributed by atoms with E-state index < -0.39 is 18.0 Å². The Bertz CT molecular complexity index is 699. The lowest BCUT2D eigenvalue weighted by Crippen LogP contribution is -2.41. The van der Waals surface area contributed by atoms with E-state index in [0.717, 1.165) is 25.3 Å². The van der Waals surface area contributed by atoms with Gasteiger partial charge in [0.25, 0.3) is 5.24 Å². The van der Waals surface area contributed by atoms with Crippen molar-refractivity contribution in [2.75, 3.05) is 12.3 Å². The number of nitrogens with zero attached hydrogens (tertiary/aromatic N) is 1. The number of rotatable bonds is 11. The van der Waals surface area contributed by atoms with Crippen molar-refractivity contribution in [2.45, 2.75) is 56.6 Å². The summed E-state index contributed by atoms with van der Waals surface area (Å²) >= 11 is 1.20. The molecule has 0 saturated carbocycles. The maximum Gasteiger partial charge on any atom is 0.303 e. The normalized spacial score (nSPS) is 18.9. The van der Waals surface area contributed by atoms with E-state index in [1.165, 1.54) is 42.1 Å². The first-order valence-electron chi connectivity index (χ1n) is 9.77. The molecule has 2 rings (SSSR count). The number of carboxylic acid groups (broad SMARTS) is 1. The summed E-state index contributed by atoms with van der Waals surface area (Å²) in [5, 5.41) is 18.6. The third-order valence-corrected chi connectivity index (χ3v) is 5.78. The van der Waals surface area contributed by atoms with Gasteiger partial charge in [0.1, 0.15) is 6.10 Å². The van der Waals surface area contributed by atoms with Crippen LogP contribution >= 0.6 is 11.8 Å². The highest BCUT2D eigenvalue weighted by atomic mass is 32.2. The van der Waals surface area contributed by atoms with Crippen LogP contribution in [0.2, 0.25) is 0 Å². The molecule has 2 N–H and O–H groups in total. The Morgan fingerprint density at radius 3 is 2.62 bits per heavy atom. The minimum absolute atomic E-state index is 0.0965. The standard InChI is InChI=1S/C21H27F2NO4S/c22-21(23,16-8-4-3-5-9-16)18(25)12-11-17-13-15-29-20(28)24(17)14-7-2-1-6-10-19(26)27/h3-5,8-9,11-12,17-18,25H,1-2,6-7,10,13-15H2,(H,26,27)/b12-11+/t17-,18+/m0/s1. The van der Waals surface area contributed by atoms with Crippen molar-refractivity contribution < 1.29 is 28.6 Å². The minimum atomic E-state index is -3.42. The van der Waals surface area contributed by atoms with Gasteiger partial charge in [-0.15, -0.1) is 0 Å². The average Bonchev–Trinajstić information content (AvgIpc) is 2.70. The molecule has 0 aliphatic carbocycles. The summed E-state index contributed by atoms with van der Waals surface area (Å²) in [4.78, 5) is 24.4. The number of carbonyl (C=O) groups is 2. The average molecular weight is 428 g/mol. The van der Waals surface area contributed by atoms with Crippen molar-refractivity contribution >= 4 is 23.0 Å². The molecule has 1 aromatic rings. The van der Waals surface area contributed by atoms with Crippen LogP contribution in [-0.4, -0.2) is 50.8 Å². The van der Waals surface area contributed by atoms with Gasteiger partial charge in [-0.2, -0.15) is 8.78 Å². The fraction of sp³-hybridized carbons (Fsp3) is 0.524. The summed E-state index contributed by atoms with van der Waals surface area (Å²) in [6.07, 6.45) is 4.27. The molecule has 0 aromatic heterocycles. The van der Waals surface area contributed by atoms with Gasteiger partial charge in [-0.25, -0.2) is 0 Å². The van der Waals surface area contributed by atoms with Crippen LogP contribution in [0.15, 0.2) is 42.5 Å². The number of carbonyl (C=O) groups excluding carboxylic acids is 1. The highest BCUT2D eigenvalue weighted by molar-refractivity contribution is 8.13. The van der Waals surface area contributed by atoms with Gasteiger partial charge in [0.15, 0.2) is 0 Å². The molecule has 0 bridgehead atoms. The fourth-order valence-corrected chi connectivity index (χ4v) is 4.12. The van der Waals surface area contributed by atoms with Crippen molar-refractivity contribution in [3.05, 3.63) is 48.0 Å². The number of aliphatic hydroxyl groups is 1. The SMILES string of the molecule is O=C(O)CCCCCCN1C(=O)SCC[C@@H]1/C=C/[C@@H](O)C(F)(F)c1ccccc1. The number of hydrogen-bond donors (Lipinski definition) is 2. The van der Waals surface area contributed by atoms with Gasteiger partial charge in [0, 0.05) is 24.3 Å². The molecule has 1 heterocycles. The second-order valence-corrected chi connectivity index (χ2v) is 8.09. The monoisotopic (exact) mass is 427 g/mol. The molecule has 1 aliphatic heterocycles. The molecule has 1 aromatic carbocycles. The molecule has 1 aliphatic rings. The van der Waals surface area contributed by atoms with Crippen molar-refractivity contribution in [1.82, 2.24) is 4.90 Å². The zero-order chi connectivity index (χ0) is 21.3. The summed E-state index contributed by atoms with van der Waals surface area (Å²) in [6, 6.07) is 6.84. The van der Waals surface area contributed by atoms with Crippen LogP contribution in [0, 0.1) is 0 Å². The molecule has 1 amide bonds. The van der Waals surface area contributed by atoms with E-state index in [-0.39, 0.29) is 23.3 Å². The van der Waals surface area contributed by atoms with E-state index in [4.69, 9.17) is 5.11 Å². The van der Waals surface area contributed by atoms with Crippen molar-refractivity contribution in [2.24, 2.45) is 0 Å². The third kappa shape index (κ3) is 7.12. The number of aliphatic carboxylic acids is 1. The highest BCUT2D eigenvalue weighted by Gasteiger charge is 2.39. The third-order valence-electron chi connectivity index (χ3n) is 4.86. The van der Waals surface area contributed by atoms with Gasteiger partial charge < -0.3 is 15.1 Å². The Hall–Kier alpha value is -1.93. The lowest BCUT2D eigenvalue weighted by molar-refractivity contribution is -0.137. The second kappa shape index (κ2) is 11.3. The van der Waals surface area contributed by atoms with Crippen LogP contribution < -0.4 is 0 Å². The predicted molar refractivity (Wildman–Crippen MR) is 109 cm³/mol. The van der Waals surface area contributed by atoms with E-state index in [0.29, 0.717) is 25.1 Å². The van der Waals surface area contributed by atoms with Crippen LogP contribution in [-0.2, 0) is 10.7 Å². The molecule has 0 radical (unpaired) electrons.